The van der Waals surface area contributed by atoms with Crippen LogP contribution in [0.4, 0.5) is 11.4 Å². The van der Waals surface area contributed by atoms with Crippen molar-refractivity contribution in [1.82, 2.24) is 4.98 Å². The molecule has 102 valence electrons. The lowest BCUT2D eigenvalue weighted by Crippen LogP contribution is -2.37. The van der Waals surface area contributed by atoms with E-state index in [1.54, 1.807) is 18.3 Å². The predicted octanol–water partition coefficient (Wildman–Crippen LogP) is 2.57. The van der Waals surface area contributed by atoms with E-state index < -0.39 is 0 Å². The van der Waals surface area contributed by atoms with Crippen molar-refractivity contribution in [2.45, 2.75) is 19.8 Å². The lowest BCUT2D eigenvalue weighted by molar-refractivity contribution is 0.0981. The standard InChI is InChI=1S/C16H17N3O/c1-11-5-2-6-12-7-4-10-19(15(11)12)16(20)14-13(17)8-3-9-18-14/h2-3,5-6,8-9H,4,7,10,17H2,1H3. The molecular formula is C16H17N3O. The Labute approximate surface area is 118 Å². The molecule has 4 nitrogen and oxygen atoms in total. The second-order valence-corrected chi connectivity index (χ2v) is 5.08. The minimum Gasteiger partial charge on any atom is -0.397 e. The Kier molecular flexibility index (Phi) is 3.14. The molecule has 1 amide bonds. The minimum atomic E-state index is -0.113. The summed E-state index contributed by atoms with van der Waals surface area (Å²) in [5.41, 5.74) is 10.0. The normalized spacial score (nSPS) is 13.9. The Morgan fingerprint density at radius 3 is 2.95 bits per heavy atom. The number of hydrogen-bond donors (Lipinski definition) is 1. The molecule has 0 atom stereocenters. The van der Waals surface area contributed by atoms with Gasteiger partial charge in [-0.3, -0.25) is 4.79 Å². The molecule has 0 aliphatic carbocycles. The number of aromatic nitrogens is 1. The quantitative estimate of drug-likeness (QED) is 0.863. The fourth-order valence-corrected chi connectivity index (χ4v) is 2.77. The first-order valence-corrected chi connectivity index (χ1v) is 6.79. The molecule has 2 N–H and O–H groups in total. The zero-order chi connectivity index (χ0) is 14.1. The van der Waals surface area contributed by atoms with Crippen LogP contribution in [0, 0.1) is 6.92 Å². The van der Waals surface area contributed by atoms with Crippen molar-refractivity contribution in [3.8, 4) is 0 Å². The smallest absolute Gasteiger partial charge is 0.279 e. The molecule has 1 aliphatic rings. The van der Waals surface area contributed by atoms with Gasteiger partial charge in [0.25, 0.3) is 5.91 Å². The van der Waals surface area contributed by atoms with E-state index in [1.807, 2.05) is 24.0 Å². The number of hydrogen-bond acceptors (Lipinski definition) is 3. The number of nitrogens with two attached hydrogens (primary N) is 1. The number of nitrogen functional groups attached to an aromatic ring is 1. The predicted molar refractivity (Wildman–Crippen MR) is 79.8 cm³/mol. The van der Waals surface area contributed by atoms with Crippen LogP contribution >= 0.6 is 0 Å². The van der Waals surface area contributed by atoms with E-state index in [9.17, 15) is 4.79 Å². The molecule has 1 aromatic carbocycles. The number of carbonyl (C=O) groups excluding carboxylic acids is 1. The number of rotatable bonds is 1. The second-order valence-electron chi connectivity index (χ2n) is 5.08. The average molecular weight is 267 g/mol. The molecule has 2 aromatic rings. The van der Waals surface area contributed by atoms with Crippen LogP contribution in [-0.2, 0) is 6.42 Å². The molecular weight excluding hydrogens is 250 g/mol. The van der Waals surface area contributed by atoms with E-state index in [0.717, 1.165) is 24.1 Å². The number of aryl methyl sites for hydroxylation is 2. The Morgan fingerprint density at radius 2 is 2.15 bits per heavy atom. The van der Waals surface area contributed by atoms with E-state index in [0.29, 0.717) is 17.9 Å². The van der Waals surface area contributed by atoms with Crippen LogP contribution in [0.25, 0.3) is 0 Å². The summed E-state index contributed by atoms with van der Waals surface area (Å²) in [7, 11) is 0. The maximum Gasteiger partial charge on any atom is 0.279 e. The number of carbonyl (C=O) groups is 1. The molecule has 0 fully saturated rings. The van der Waals surface area contributed by atoms with Crippen molar-refractivity contribution in [3.05, 3.63) is 53.3 Å². The molecule has 0 saturated carbocycles. The topological polar surface area (TPSA) is 59.2 Å². The van der Waals surface area contributed by atoms with Crippen LogP contribution in [0.3, 0.4) is 0 Å². The molecule has 1 aromatic heterocycles. The number of amides is 1. The second kappa shape index (κ2) is 4.96. The number of benzene rings is 1. The summed E-state index contributed by atoms with van der Waals surface area (Å²) in [5, 5.41) is 0. The summed E-state index contributed by atoms with van der Waals surface area (Å²) < 4.78 is 0. The van der Waals surface area contributed by atoms with Gasteiger partial charge in [0.2, 0.25) is 0 Å². The van der Waals surface area contributed by atoms with E-state index in [4.69, 9.17) is 5.73 Å². The van der Waals surface area contributed by atoms with Gasteiger partial charge >= 0.3 is 0 Å². The van der Waals surface area contributed by atoms with E-state index in [1.165, 1.54) is 5.56 Å². The largest absolute Gasteiger partial charge is 0.397 e. The molecule has 3 rings (SSSR count). The molecule has 2 heterocycles. The van der Waals surface area contributed by atoms with Crippen LogP contribution in [0.1, 0.15) is 28.0 Å². The molecule has 0 bridgehead atoms. The van der Waals surface area contributed by atoms with Gasteiger partial charge in [0, 0.05) is 12.7 Å². The zero-order valence-corrected chi connectivity index (χ0v) is 11.5. The van der Waals surface area contributed by atoms with Crippen LogP contribution in [0.15, 0.2) is 36.5 Å². The summed E-state index contributed by atoms with van der Waals surface area (Å²) in [5.74, 6) is -0.113. The fraction of sp³-hybridized carbons (Fsp3) is 0.250. The van der Waals surface area contributed by atoms with E-state index in [-0.39, 0.29) is 5.91 Å². The van der Waals surface area contributed by atoms with Crippen molar-refractivity contribution < 1.29 is 4.79 Å². The molecule has 0 unspecified atom stereocenters. The van der Waals surface area contributed by atoms with Crippen molar-refractivity contribution in [2.75, 3.05) is 17.2 Å². The summed E-state index contributed by atoms with van der Waals surface area (Å²) in [6, 6.07) is 9.61. The molecule has 1 aliphatic heterocycles. The molecule has 20 heavy (non-hydrogen) atoms. The van der Waals surface area contributed by atoms with Gasteiger partial charge in [0.1, 0.15) is 0 Å². The third-order valence-corrected chi connectivity index (χ3v) is 3.71. The number of pyridine rings is 1. The van der Waals surface area contributed by atoms with Gasteiger partial charge < -0.3 is 10.6 Å². The molecule has 0 spiro atoms. The van der Waals surface area contributed by atoms with E-state index in [2.05, 4.69) is 11.1 Å². The van der Waals surface area contributed by atoms with Gasteiger partial charge in [-0.15, -0.1) is 0 Å². The first-order valence-electron chi connectivity index (χ1n) is 6.79. The summed E-state index contributed by atoms with van der Waals surface area (Å²) in [4.78, 5) is 18.7. The first-order chi connectivity index (χ1) is 9.68. The summed E-state index contributed by atoms with van der Waals surface area (Å²) >= 11 is 0. The third kappa shape index (κ3) is 2.03. The van der Waals surface area contributed by atoms with Crippen molar-refractivity contribution in [2.24, 2.45) is 0 Å². The molecule has 0 radical (unpaired) electrons. The highest BCUT2D eigenvalue weighted by Crippen LogP contribution is 2.31. The van der Waals surface area contributed by atoms with Crippen LogP contribution < -0.4 is 10.6 Å². The SMILES string of the molecule is Cc1cccc2c1N(C(=O)c1ncccc1N)CCC2. The van der Waals surface area contributed by atoms with Gasteiger partial charge in [0.15, 0.2) is 5.69 Å². The first kappa shape index (κ1) is 12.7. The maximum absolute atomic E-state index is 12.7. The number of nitrogens with zero attached hydrogens (tertiary/aromatic N) is 2. The monoisotopic (exact) mass is 267 g/mol. The maximum atomic E-state index is 12.7. The number of fused-ring (bicyclic) bond motifs is 1. The van der Waals surface area contributed by atoms with Crippen molar-refractivity contribution in [1.29, 1.82) is 0 Å². The lowest BCUT2D eigenvalue weighted by Gasteiger charge is -2.31. The highest BCUT2D eigenvalue weighted by molar-refractivity contribution is 6.08. The van der Waals surface area contributed by atoms with Gasteiger partial charge in [-0.1, -0.05) is 18.2 Å². The van der Waals surface area contributed by atoms with Gasteiger partial charge in [-0.05, 0) is 43.0 Å². The summed E-state index contributed by atoms with van der Waals surface area (Å²) in [6.07, 6.45) is 3.58. The molecule has 4 heteroatoms. The summed E-state index contributed by atoms with van der Waals surface area (Å²) in [6.45, 7) is 2.75. The number of para-hydroxylation sites is 1. The van der Waals surface area contributed by atoms with Crippen LogP contribution in [0.5, 0.6) is 0 Å². The highest BCUT2D eigenvalue weighted by atomic mass is 16.2. The van der Waals surface area contributed by atoms with E-state index >= 15 is 0 Å². The highest BCUT2D eigenvalue weighted by Gasteiger charge is 2.26. The molecule has 0 saturated heterocycles. The van der Waals surface area contributed by atoms with Crippen LogP contribution in [0.2, 0.25) is 0 Å². The average Bonchev–Trinajstić information content (AvgIpc) is 2.47. The Morgan fingerprint density at radius 1 is 1.30 bits per heavy atom. The lowest BCUT2D eigenvalue weighted by atomic mass is 9.98. The number of anilines is 2. The Balaban J connectivity index is 2.05. The van der Waals surface area contributed by atoms with Gasteiger partial charge in [-0.2, -0.15) is 0 Å². The fourth-order valence-electron chi connectivity index (χ4n) is 2.77. The third-order valence-electron chi connectivity index (χ3n) is 3.71. The van der Waals surface area contributed by atoms with Crippen LogP contribution in [-0.4, -0.2) is 17.4 Å². The van der Waals surface area contributed by atoms with Crippen molar-refractivity contribution in [3.63, 3.8) is 0 Å². The van der Waals surface area contributed by atoms with Crippen molar-refractivity contribution >= 4 is 17.3 Å². The van der Waals surface area contributed by atoms with Gasteiger partial charge in [-0.25, -0.2) is 4.98 Å². The minimum absolute atomic E-state index is 0.113. The Hall–Kier alpha value is -2.36. The van der Waals surface area contributed by atoms with Gasteiger partial charge in [0.05, 0.1) is 11.4 Å². The Bertz CT molecular complexity index is 667. The zero-order valence-electron chi connectivity index (χ0n) is 11.5.